The minimum absolute atomic E-state index is 0.0470. The lowest BCUT2D eigenvalue weighted by Gasteiger charge is -2.34. The number of nitrogens with one attached hydrogen (secondary N) is 1. The normalized spacial score (nSPS) is 34.7. The maximum atomic E-state index is 12.8. The van der Waals surface area contributed by atoms with Crippen molar-refractivity contribution in [2.24, 2.45) is 23.7 Å². The molecule has 3 aliphatic rings. The number of piperazine rings is 1. The topological polar surface area (TPSA) is 72.9 Å². The predicted molar refractivity (Wildman–Crippen MR) is 86.4 cm³/mol. The van der Waals surface area contributed by atoms with Crippen molar-refractivity contribution < 1.29 is 14.7 Å². The molecular formula is C17H27N3O3. The van der Waals surface area contributed by atoms with E-state index in [-0.39, 0.29) is 17.7 Å². The molecule has 6 nitrogen and oxygen atoms in total. The highest BCUT2D eigenvalue weighted by Crippen LogP contribution is 2.57. The number of hydrogen-bond acceptors (Lipinski definition) is 4. The zero-order valence-electron chi connectivity index (χ0n) is 14.2. The monoisotopic (exact) mass is 321 g/mol. The molecule has 1 heterocycles. The standard InChI is InChI=1S/C17H27N3O3/c1-10(2)13-11-4-5-12(13)15(17(22)23)14(11)16(21)18-20-8-6-19(3)7-9-20/h11-12,14-15H,4-9H2,1-3H3,(H,18,21)(H,22,23)/t11-,12-,14+,15-/m1/s1. The van der Waals surface area contributed by atoms with Crippen molar-refractivity contribution >= 4 is 11.9 Å². The largest absolute Gasteiger partial charge is 0.481 e. The first kappa shape index (κ1) is 16.5. The van der Waals surface area contributed by atoms with Crippen LogP contribution in [0.2, 0.25) is 0 Å². The third kappa shape index (κ3) is 2.90. The van der Waals surface area contributed by atoms with Gasteiger partial charge in [0.05, 0.1) is 11.8 Å². The molecule has 2 bridgehead atoms. The Kier molecular flexibility index (Phi) is 4.47. The fraction of sp³-hybridized carbons (Fsp3) is 0.765. The molecule has 6 heteroatoms. The van der Waals surface area contributed by atoms with E-state index in [1.165, 1.54) is 11.1 Å². The van der Waals surface area contributed by atoms with Gasteiger partial charge in [0.15, 0.2) is 0 Å². The van der Waals surface area contributed by atoms with Crippen molar-refractivity contribution in [2.45, 2.75) is 26.7 Å². The number of aliphatic carboxylic acids is 1. The van der Waals surface area contributed by atoms with Gasteiger partial charge < -0.3 is 10.0 Å². The number of carbonyl (C=O) groups is 2. The van der Waals surface area contributed by atoms with Gasteiger partial charge in [-0.1, -0.05) is 11.1 Å². The first-order valence-corrected chi connectivity index (χ1v) is 8.54. The quantitative estimate of drug-likeness (QED) is 0.758. The summed E-state index contributed by atoms with van der Waals surface area (Å²) in [4.78, 5) is 26.8. The predicted octanol–water partition coefficient (Wildman–Crippen LogP) is 0.958. The fourth-order valence-electron chi connectivity index (χ4n) is 4.75. The summed E-state index contributed by atoms with van der Waals surface area (Å²) in [6.07, 6.45) is 1.84. The van der Waals surface area contributed by atoms with Gasteiger partial charge in [0.1, 0.15) is 0 Å². The number of hydrogen-bond donors (Lipinski definition) is 2. The lowest BCUT2D eigenvalue weighted by atomic mass is 9.79. The second kappa shape index (κ2) is 6.24. The summed E-state index contributed by atoms with van der Waals surface area (Å²) in [5.74, 6) is -1.76. The molecule has 3 rings (SSSR count). The average Bonchev–Trinajstić information content (AvgIpc) is 3.05. The van der Waals surface area contributed by atoms with Crippen LogP contribution >= 0.6 is 0 Å². The van der Waals surface area contributed by atoms with E-state index in [4.69, 9.17) is 0 Å². The van der Waals surface area contributed by atoms with Crippen LogP contribution in [0.5, 0.6) is 0 Å². The molecule has 4 atom stereocenters. The highest BCUT2D eigenvalue weighted by molar-refractivity contribution is 5.87. The molecular weight excluding hydrogens is 294 g/mol. The van der Waals surface area contributed by atoms with Crippen LogP contribution in [0.15, 0.2) is 11.1 Å². The van der Waals surface area contributed by atoms with E-state index in [0.29, 0.717) is 0 Å². The first-order valence-electron chi connectivity index (χ1n) is 8.54. The van der Waals surface area contributed by atoms with Crippen molar-refractivity contribution in [3.05, 3.63) is 11.1 Å². The number of rotatable bonds is 3. The molecule has 0 aromatic carbocycles. The number of likely N-dealkylation sites (N-methyl/N-ethyl adjacent to an activating group) is 1. The second-order valence-electron chi connectivity index (χ2n) is 7.40. The molecule has 1 saturated heterocycles. The molecule has 1 amide bonds. The minimum Gasteiger partial charge on any atom is -0.481 e. The smallest absolute Gasteiger partial charge is 0.307 e. The van der Waals surface area contributed by atoms with E-state index in [1.807, 2.05) is 18.9 Å². The second-order valence-corrected chi connectivity index (χ2v) is 7.40. The number of carbonyl (C=O) groups excluding carboxylic acids is 1. The van der Waals surface area contributed by atoms with Gasteiger partial charge in [-0.25, -0.2) is 5.01 Å². The molecule has 0 aromatic rings. The summed E-state index contributed by atoms with van der Waals surface area (Å²) < 4.78 is 0. The summed E-state index contributed by atoms with van der Waals surface area (Å²) >= 11 is 0. The number of hydrazine groups is 1. The molecule has 2 N–H and O–H groups in total. The van der Waals surface area contributed by atoms with Gasteiger partial charge in [0.2, 0.25) is 5.91 Å². The van der Waals surface area contributed by atoms with Crippen LogP contribution in [0.1, 0.15) is 26.7 Å². The van der Waals surface area contributed by atoms with Crippen molar-refractivity contribution in [3.8, 4) is 0 Å². The fourth-order valence-corrected chi connectivity index (χ4v) is 4.75. The molecule has 0 radical (unpaired) electrons. The Bertz CT molecular complexity index is 533. The molecule has 2 aliphatic carbocycles. The van der Waals surface area contributed by atoms with E-state index in [0.717, 1.165) is 39.0 Å². The Labute approximate surface area is 137 Å². The van der Waals surface area contributed by atoms with Gasteiger partial charge >= 0.3 is 5.97 Å². The van der Waals surface area contributed by atoms with E-state index in [2.05, 4.69) is 17.4 Å². The summed E-state index contributed by atoms with van der Waals surface area (Å²) in [6, 6.07) is 0. The number of carboxylic acid groups (broad SMARTS) is 1. The highest BCUT2D eigenvalue weighted by atomic mass is 16.4. The number of carboxylic acids is 1. The maximum Gasteiger partial charge on any atom is 0.307 e. The maximum absolute atomic E-state index is 12.8. The van der Waals surface area contributed by atoms with Crippen LogP contribution < -0.4 is 5.43 Å². The van der Waals surface area contributed by atoms with Gasteiger partial charge in [-0.15, -0.1) is 0 Å². The Morgan fingerprint density at radius 3 is 2.13 bits per heavy atom. The number of allylic oxidation sites excluding steroid dienone is 2. The van der Waals surface area contributed by atoms with Crippen molar-refractivity contribution in [1.82, 2.24) is 15.3 Å². The van der Waals surface area contributed by atoms with E-state index in [1.54, 1.807) is 0 Å². The van der Waals surface area contributed by atoms with Crippen LogP contribution in [0.25, 0.3) is 0 Å². The number of fused-ring (bicyclic) bond motifs is 2. The van der Waals surface area contributed by atoms with Crippen LogP contribution in [0, 0.1) is 23.7 Å². The Balaban J connectivity index is 1.76. The zero-order chi connectivity index (χ0) is 16.7. The van der Waals surface area contributed by atoms with Gasteiger partial charge in [0, 0.05) is 26.2 Å². The van der Waals surface area contributed by atoms with Gasteiger partial charge in [-0.05, 0) is 45.6 Å². The highest BCUT2D eigenvalue weighted by Gasteiger charge is 2.57. The summed E-state index contributed by atoms with van der Waals surface area (Å²) in [5, 5.41) is 11.6. The molecule has 128 valence electrons. The zero-order valence-corrected chi connectivity index (χ0v) is 14.2. The van der Waals surface area contributed by atoms with Crippen molar-refractivity contribution in [1.29, 1.82) is 0 Å². The Hall–Kier alpha value is -1.40. The van der Waals surface area contributed by atoms with E-state index < -0.39 is 17.8 Å². The molecule has 1 aliphatic heterocycles. The van der Waals surface area contributed by atoms with Crippen molar-refractivity contribution in [2.75, 3.05) is 33.2 Å². The van der Waals surface area contributed by atoms with Crippen LogP contribution in [-0.2, 0) is 9.59 Å². The number of amides is 1. The molecule has 23 heavy (non-hydrogen) atoms. The summed E-state index contributed by atoms with van der Waals surface area (Å²) in [6.45, 7) is 7.49. The summed E-state index contributed by atoms with van der Waals surface area (Å²) in [5.41, 5.74) is 5.42. The van der Waals surface area contributed by atoms with E-state index >= 15 is 0 Å². The van der Waals surface area contributed by atoms with Crippen LogP contribution in [0.4, 0.5) is 0 Å². The first-order chi connectivity index (χ1) is 10.9. The van der Waals surface area contributed by atoms with Gasteiger partial charge in [-0.3, -0.25) is 15.0 Å². The molecule has 0 aromatic heterocycles. The van der Waals surface area contributed by atoms with E-state index in [9.17, 15) is 14.7 Å². The number of nitrogens with zero attached hydrogens (tertiary/aromatic N) is 2. The molecule has 2 saturated carbocycles. The summed E-state index contributed by atoms with van der Waals surface area (Å²) in [7, 11) is 2.07. The molecule has 3 fully saturated rings. The van der Waals surface area contributed by atoms with Gasteiger partial charge in [0.25, 0.3) is 0 Å². The Morgan fingerprint density at radius 1 is 1.04 bits per heavy atom. The van der Waals surface area contributed by atoms with Crippen LogP contribution in [0.3, 0.4) is 0 Å². The minimum atomic E-state index is -0.825. The lowest BCUT2D eigenvalue weighted by molar-refractivity contribution is -0.151. The average molecular weight is 321 g/mol. The third-order valence-corrected chi connectivity index (χ3v) is 5.78. The van der Waals surface area contributed by atoms with Crippen molar-refractivity contribution in [3.63, 3.8) is 0 Å². The Morgan fingerprint density at radius 2 is 1.61 bits per heavy atom. The molecule has 0 spiro atoms. The van der Waals surface area contributed by atoms with Gasteiger partial charge in [-0.2, -0.15) is 0 Å². The SMILES string of the molecule is CC(C)=C1[C@H]2CC[C@H]1[C@@H](C(=O)O)[C@H]2C(=O)NN1CCN(C)CC1. The molecule has 0 unspecified atom stereocenters. The van der Waals surface area contributed by atoms with Crippen LogP contribution in [-0.4, -0.2) is 60.1 Å². The third-order valence-electron chi connectivity index (χ3n) is 5.78. The lowest BCUT2D eigenvalue weighted by Crippen LogP contribution is -2.55.